The smallest absolute Gasteiger partial charge is 0.209 e. The molecule has 0 N–H and O–H groups in total. The molecule has 0 fully saturated rings. The molecule has 0 atom stereocenters. The average molecular weight is 321 g/mol. The van der Waals surface area contributed by atoms with Crippen molar-refractivity contribution in [2.24, 2.45) is 0 Å². The van der Waals surface area contributed by atoms with Crippen LogP contribution in [0.3, 0.4) is 0 Å². The molecular formula is C17H15N5S. The van der Waals surface area contributed by atoms with Gasteiger partial charge in [0.2, 0.25) is 5.16 Å². The lowest BCUT2D eigenvalue weighted by atomic mass is 10.0. The molecule has 0 aliphatic rings. The molecule has 4 rings (SSSR count). The number of tetrazole rings is 1. The van der Waals surface area contributed by atoms with Crippen LogP contribution in [-0.4, -0.2) is 25.2 Å². The van der Waals surface area contributed by atoms with Crippen molar-refractivity contribution in [3.8, 4) is 0 Å². The highest BCUT2D eigenvalue weighted by atomic mass is 32.2. The van der Waals surface area contributed by atoms with Gasteiger partial charge in [-0.3, -0.25) is 4.98 Å². The van der Waals surface area contributed by atoms with E-state index in [4.69, 9.17) is 4.98 Å². The molecule has 0 aliphatic carbocycles. The van der Waals surface area contributed by atoms with Crippen LogP contribution in [0.15, 0.2) is 53.7 Å². The molecule has 23 heavy (non-hydrogen) atoms. The molecule has 5 nitrogen and oxygen atoms in total. The highest BCUT2D eigenvalue weighted by molar-refractivity contribution is 7.98. The van der Waals surface area contributed by atoms with E-state index in [0.717, 1.165) is 28.7 Å². The Morgan fingerprint density at radius 1 is 0.957 bits per heavy atom. The Kier molecular flexibility index (Phi) is 3.67. The standard InChI is InChI=1S/C17H15N5S/c1-2-22-17(19-20-21-22)23-11-16-14-9-4-3-7-12(14)13-8-5-6-10-15(13)18-16/h3-10H,2,11H2,1H3. The summed E-state index contributed by atoms with van der Waals surface area (Å²) in [6.45, 7) is 2.80. The first-order chi connectivity index (χ1) is 11.4. The predicted molar refractivity (Wildman–Crippen MR) is 92.3 cm³/mol. The summed E-state index contributed by atoms with van der Waals surface area (Å²) in [5.74, 6) is 0.742. The second-order valence-electron chi connectivity index (χ2n) is 5.19. The first-order valence-corrected chi connectivity index (χ1v) is 8.50. The quantitative estimate of drug-likeness (QED) is 0.424. The molecule has 0 spiro atoms. The maximum atomic E-state index is 4.86. The number of hydrogen-bond donors (Lipinski definition) is 0. The first kappa shape index (κ1) is 14.1. The minimum absolute atomic E-state index is 0.742. The molecule has 0 saturated carbocycles. The third kappa shape index (κ3) is 2.55. The van der Waals surface area contributed by atoms with Gasteiger partial charge in [-0.25, -0.2) is 4.68 Å². The van der Waals surface area contributed by atoms with E-state index in [9.17, 15) is 0 Å². The van der Waals surface area contributed by atoms with Crippen LogP contribution in [0.2, 0.25) is 0 Å². The Balaban J connectivity index is 1.79. The summed E-state index contributed by atoms with van der Waals surface area (Å²) >= 11 is 1.62. The lowest BCUT2D eigenvalue weighted by Crippen LogP contribution is -1.99. The van der Waals surface area contributed by atoms with E-state index in [0.29, 0.717) is 0 Å². The van der Waals surface area contributed by atoms with Gasteiger partial charge >= 0.3 is 0 Å². The van der Waals surface area contributed by atoms with Crippen LogP contribution in [0.1, 0.15) is 12.6 Å². The van der Waals surface area contributed by atoms with Gasteiger partial charge in [0.05, 0.1) is 11.2 Å². The number of rotatable bonds is 4. The van der Waals surface area contributed by atoms with Gasteiger partial charge in [-0.1, -0.05) is 54.2 Å². The zero-order chi connectivity index (χ0) is 15.6. The number of fused-ring (bicyclic) bond motifs is 3. The topological polar surface area (TPSA) is 56.5 Å². The number of pyridine rings is 1. The highest BCUT2D eigenvalue weighted by Crippen LogP contribution is 2.29. The number of aromatic nitrogens is 5. The maximum absolute atomic E-state index is 4.86. The number of aryl methyl sites for hydroxylation is 1. The molecule has 2 aromatic carbocycles. The van der Waals surface area contributed by atoms with E-state index in [2.05, 4.69) is 58.0 Å². The van der Waals surface area contributed by atoms with Crippen molar-refractivity contribution in [1.29, 1.82) is 0 Å². The van der Waals surface area contributed by atoms with E-state index >= 15 is 0 Å². The lowest BCUT2D eigenvalue weighted by Gasteiger charge is -2.09. The van der Waals surface area contributed by atoms with Gasteiger partial charge in [-0.05, 0) is 28.8 Å². The van der Waals surface area contributed by atoms with Gasteiger partial charge in [-0.15, -0.1) is 5.10 Å². The maximum Gasteiger partial charge on any atom is 0.209 e. The van der Waals surface area contributed by atoms with Gasteiger partial charge < -0.3 is 0 Å². The van der Waals surface area contributed by atoms with E-state index in [1.807, 2.05) is 13.0 Å². The highest BCUT2D eigenvalue weighted by Gasteiger charge is 2.11. The summed E-state index contributed by atoms with van der Waals surface area (Å²) in [7, 11) is 0. The van der Waals surface area contributed by atoms with Crippen LogP contribution in [0.25, 0.3) is 21.7 Å². The van der Waals surface area contributed by atoms with Gasteiger partial charge in [0.25, 0.3) is 0 Å². The first-order valence-electron chi connectivity index (χ1n) is 7.52. The third-order valence-corrected chi connectivity index (χ3v) is 4.79. The Labute approximate surface area is 137 Å². The summed E-state index contributed by atoms with van der Waals surface area (Å²) < 4.78 is 1.80. The summed E-state index contributed by atoms with van der Waals surface area (Å²) in [5.41, 5.74) is 2.09. The number of thioether (sulfide) groups is 1. The number of nitrogens with zero attached hydrogens (tertiary/aromatic N) is 5. The van der Waals surface area contributed by atoms with Crippen molar-refractivity contribution in [2.75, 3.05) is 0 Å². The molecule has 114 valence electrons. The van der Waals surface area contributed by atoms with Crippen molar-refractivity contribution in [1.82, 2.24) is 25.2 Å². The van der Waals surface area contributed by atoms with Crippen LogP contribution in [0, 0.1) is 0 Å². The molecule has 0 aliphatic heterocycles. The van der Waals surface area contributed by atoms with Gasteiger partial charge in [0.1, 0.15) is 0 Å². The summed E-state index contributed by atoms with van der Waals surface area (Å²) in [6.07, 6.45) is 0. The van der Waals surface area contributed by atoms with E-state index in [1.165, 1.54) is 16.2 Å². The number of benzene rings is 2. The van der Waals surface area contributed by atoms with Crippen LogP contribution < -0.4 is 0 Å². The molecule has 0 unspecified atom stereocenters. The number of para-hydroxylation sites is 1. The van der Waals surface area contributed by atoms with Crippen LogP contribution in [0.5, 0.6) is 0 Å². The fourth-order valence-electron chi connectivity index (χ4n) is 2.72. The lowest BCUT2D eigenvalue weighted by molar-refractivity contribution is 0.581. The molecule has 0 saturated heterocycles. The largest absolute Gasteiger partial charge is 0.251 e. The average Bonchev–Trinajstić information content (AvgIpc) is 3.07. The molecule has 6 heteroatoms. The third-order valence-electron chi connectivity index (χ3n) is 3.82. The Morgan fingerprint density at radius 2 is 1.70 bits per heavy atom. The van der Waals surface area contributed by atoms with Gasteiger partial charge in [-0.2, -0.15) is 0 Å². The summed E-state index contributed by atoms with van der Waals surface area (Å²) in [4.78, 5) is 4.86. The fraction of sp³-hybridized carbons (Fsp3) is 0.176. The van der Waals surface area contributed by atoms with E-state index < -0.39 is 0 Å². The zero-order valence-corrected chi connectivity index (χ0v) is 13.5. The van der Waals surface area contributed by atoms with Gasteiger partial charge in [0.15, 0.2) is 0 Å². The van der Waals surface area contributed by atoms with E-state index in [1.54, 1.807) is 16.4 Å². The summed E-state index contributed by atoms with van der Waals surface area (Å²) in [5, 5.41) is 16.2. The molecule has 2 heterocycles. The van der Waals surface area contributed by atoms with Crippen LogP contribution in [0.4, 0.5) is 0 Å². The van der Waals surface area contributed by atoms with Crippen LogP contribution >= 0.6 is 11.8 Å². The van der Waals surface area contributed by atoms with Crippen molar-refractivity contribution in [2.45, 2.75) is 24.4 Å². The Bertz CT molecular complexity index is 979. The molecule has 4 aromatic rings. The number of hydrogen-bond acceptors (Lipinski definition) is 5. The Morgan fingerprint density at radius 3 is 2.52 bits per heavy atom. The van der Waals surface area contributed by atoms with Gasteiger partial charge in [0, 0.05) is 23.1 Å². The van der Waals surface area contributed by atoms with Crippen molar-refractivity contribution < 1.29 is 0 Å². The molecule has 0 amide bonds. The fourth-order valence-corrected chi connectivity index (χ4v) is 3.61. The second kappa shape index (κ2) is 5.96. The monoisotopic (exact) mass is 321 g/mol. The Hall–Kier alpha value is -2.47. The minimum atomic E-state index is 0.742. The van der Waals surface area contributed by atoms with Crippen molar-refractivity contribution in [3.05, 3.63) is 54.2 Å². The molecule has 0 radical (unpaired) electrons. The predicted octanol–water partition coefficient (Wildman–Crippen LogP) is 3.69. The van der Waals surface area contributed by atoms with Crippen molar-refractivity contribution in [3.63, 3.8) is 0 Å². The molecule has 2 aromatic heterocycles. The van der Waals surface area contributed by atoms with E-state index in [-0.39, 0.29) is 0 Å². The molecular weight excluding hydrogens is 306 g/mol. The zero-order valence-electron chi connectivity index (χ0n) is 12.7. The summed E-state index contributed by atoms with van der Waals surface area (Å²) in [6, 6.07) is 16.7. The molecule has 0 bridgehead atoms. The van der Waals surface area contributed by atoms with Crippen LogP contribution in [-0.2, 0) is 12.3 Å². The minimum Gasteiger partial charge on any atom is -0.251 e. The SMILES string of the molecule is CCn1nnnc1SCc1nc2ccccc2c2ccccc12. The second-order valence-corrected chi connectivity index (χ2v) is 6.13. The van der Waals surface area contributed by atoms with Crippen molar-refractivity contribution >= 4 is 33.4 Å². The normalized spacial score (nSPS) is 11.3.